The molecule has 1 heterocycles. The molecule has 0 radical (unpaired) electrons. The van der Waals surface area contributed by atoms with Gasteiger partial charge in [0.05, 0.1) is 13.2 Å². The normalized spacial score (nSPS) is 11.4. The summed E-state index contributed by atoms with van der Waals surface area (Å²) in [6, 6.07) is 8.39. The Morgan fingerprint density at radius 2 is 1.67 bits per heavy atom. The fourth-order valence-electron chi connectivity index (χ4n) is 2.74. The molecule has 21 heavy (non-hydrogen) atoms. The molecule has 3 aromatic rings. The van der Waals surface area contributed by atoms with Gasteiger partial charge in [0.15, 0.2) is 0 Å². The lowest BCUT2D eigenvalue weighted by molar-refractivity contribution is 0.281. The summed E-state index contributed by atoms with van der Waals surface area (Å²) < 4.78 is 8.39. The standard InChI is InChI=1S/C18H20O2S/c1-4-9-20-16-8-7-15-14-6-5-13(10-19)11(2)17(14)21-18(15)12(16)3/h5-8,19H,4,9-10H2,1-3H3. The lowest BCUT2D eigenvalue weighted by atomic mass is 10.0. The first-order valence-corrected chi connectivity index (χ1v) is 8.17. The van der Waals surface area contributed by atoms with Gasteiger partial charge < -0.3 is 9.84 Å². The molecule has 0 aliphatic rings. The predicted octanol–water partition coefficient (Wildman–Crippen LogP) is 4.95. The number of aliphatic hydroxyl groups is 1. The molecule has 0 spiro atoms. The van der Waals surface area contributed by atoms with Gasteiger partial charge in [0, 0.05) is 25.7 Å². The third-order valence-corrected chi connectivity index (χ3v) is 5.46. The lowest BCUT2D eigenvalue weighted by Crippen LogP contribution is -1.96. The highest BCUT2D eigenvalue weighted by atomic mass is 32.1. The van der Waals surface area contributed by atoms with Gasteiger partial charge in [-0.25, -0.2) is 0 Å². The van der Waals surface area contributed by atoms with Crippen LogP contribution in [0.2, 0.25) is 0 Å². The molecule has 110 valence electrons. The monoisotopic (exact) mass is 300 g/mol. The van der Waals surface area contributed by atoms with E-state index < -0.39 is 0 Å². The fraction of sp³-hybridized carbons (Fsp3) is 0.333. The molecule has 0 unspecified atom stereocenters. The van der Waals surface area contributed by atoms with Gasteiger partial charge in [0.25, 0.3) is 0 Å². The SMILES string of the molecule is CCCOc1ccc2c(sc3c(C)c(CO)ccc32)c1C. The number of aliphatic hydroxyl groups excluding tert-OH is 1. The largest absolute Gasteiger partial charge is 0.493 e. The Balaban J connectivity index is 2.25. The molecular formula is C18H20O2S. The van der Waals surface area contributed by atoms with Crippen molar-refractivity contribution in [3.05, 3.63) is 41.0 Å². The van der Waals surface area contributed by atoms with Crippen LogP contribution in [-0.4, -0.2) is 11.7 Å². The number of benzene rings is 2. The van der Waals surface area contributed by atoms with Gasteiger partial charge in [-0.1, -0.05) is 19.1 Å². The molecule has 3 rings (SSSR count). The van der Waals surface area contributed by atoms with Crippen LogP contribution >= 0.6 is 11.3 Å². The highest BCUT2D eigenvalue weighted by Gasteiger charge is 2.13. The summed E-state index contributed by atoms with van der Waals surface area (Å²) in [6.45, 7) is 7.19. The molecule has 1 aromatic heterocycles. The second-order valence-corrected chi connectivity index (χ2v) is 6.42. The van der Waals surface area contributed by atoms with Crippen molar-refractivity contribution in [3.63, 3.8) is 0 Å². The fourth-order valence-corrected chi connectivity index (χ4v) is 4.05. The first-order valence-electron chi connectivity index (χ1n) is 7.35. The number of hydrogen-bond acceptors (Lipinski definition) is 3. The van der Waals surface area contributed by atoms with Gasteiger partial charge in [0.1, 0.15) is 5.75 Å². The zero-order valence-corrected chi connectivity index (χ0v) is 13.5. The predicted molar refractivity (Wildman–Crippen MR) is 90.5 cm³/mol. The average Bonchev–Trinajstić information content (AvgIpc) is 2.88. The third-order valence-electron chi connectivity index (χ3n) is 4.00. The molecule has 0 aliphatic heterocycles. The summed E-state index contributed by atoms with van der Waals surface area (Å²) >= 11 is 1.80. The summed E-state index contributed by atoms with van der Waals surface area (Å²) in [6.07, 6.45) is 1.02. The summed E-state index contributed by atoms with van der Waals surface area (Å²) in [5.41, 5.74) is 3.41. The van der Waals surface area contributed by atoms with Crippen LogP contribution in [0.4, 0.5) is 0 Å². The number of thiophene rings is 1. The average molecular weight is 300 g/mol. The molecule has 0 fully saturated rings. The van der Waals surface area contributed by atoms with E-state index in [-0.39, 0.29) is 6.61 Å². The Kier molecular flexibility index (Phi) is 3.87. The second-order valence-electron chi connectivity index (χ2n) is 5.40. The van der Waals surface area contributed by atoms with E-state index in [9.17, 15) is 5.11 Å². The van der Waals surface area contributed by atoms with E-state index in [2.05, 4.69) is 39.0 Å². The minimum Gasteiger partial charge on any atom is -0.493 e. The van der Waals surface area contributed by atoms with Crippen molar-refractivity contribution in [2.45, 2.75) is 33.8 Å². The van der Waals surface area contributed by atoms with Gasteiger partial charge in [-0.05, 0) is 43.5 Å². The number of aryl methyl sites for hydroxylation is 2. The maximum absolute atomic E-state index is 9.43. The highest BCUT2D eigenvalue weighted by Crippen LogP contribution is 2.41. The Morgan fingerprint density at radius 1 is 1.00 bits per heavy atom. The maximum Gasteiger partial charge on any atom is 0.123 e. The van der Waals surface area contributed by atoms with Crippen LogP contribution in [0.3, 0.4) is 0 Å². The van der Waals surface area contributed by atoms with Crippen molar-refractivity contribution >= 4 is 31.5 Å². The first kappa shape index (κ1) is 14.4. The second kappa shape index (κ2) is 5.66. The summed E-state index contributed by atoms with van der Waals surface area (Å²) in [7, 11) is 0. The van der Waals surface area contributed by atoms with E-state index in [4.69, 9.17) is 4.74 Å². The minimum absolute atomic E-state index is 0.0971. The van der Waals surface area contributed by atoms with Crippen LogP contribution in [0.1, 0.15) is 30.0 Å². The molecule has 0 aliphatic carbocycles. The molecule has 2 nitrogen and oxygen atoms in total. The van der Waals surface area contributed by atoms with E-state index in [1.807, 2.05) is 6.07 Å². The van der Waals surface area contributed by atoms with Crippen LogP contribution in [0.5, 0.6) is 5.75 Å². The number of hydrogen-bond donors (Lipinski definition) is 1. The molecule has 0 saturated carbocycles. The summed E-state index contributed by atoms with van der Waals surface area (Å²) in [4.78, 5) is 0. The molecular weight excluding hydrogens is 280 g/mol. The quantitative estimate of drug-likeness (QED) is 0.738. The highest BCUT2D eigenvalue weighted by molar-refractivity contribution is 7.26. The van der Waals surface area contributed by atoms with E-state index in [1.165, 1.54) is 31.3 Å². The summed E-state index contributed by atoms with van der Waals surface area (Å²) in [5.74, 6) is 0.982. The Morgan fingerprint density at radius 3 is 2.33 bits per heavy atom. The first-order chi connectivity index (χ1) is 10.2. The van der Waals surface area contributed by atoms with Crippen LogP contribution in [0.15, 0.2) is 24.3 Å². The smallest absolute Gasteiger partial charge is 0.123 e. The van der Waals surface area contributed by atoms with Gasteiger partial charge in [0.2, 0.25) is 0 Å². The molecule has 0 atom stereocenters. The van der Waals surface area contributed by atoms with E-state index in [0.717, 1.165) is 24.3 Å². The third kappa shape index (κ3) is 2.30. The number of rotatable bonds is 4. The van der Waals surface area contributed by atoms with Gasteiger partial charge in [-0.3, -0.25) is 0 Å². The number of fused-ring (bicyclic) bond motifs is 3. The van der Waals surface area contributed by atoms with Crippen molar-refractivity contribution in [1.29, 1.82) is 0 Å². The summed E-state index contributed by atoms with van der Waals surface area (Å²) in [5, 5.41) is 12.0. The van der Waals surface area contributed by atoms with Crippen molar-refractivity contribution in [2.24, 2.45) is 0 Å². The molecule has 3 heteroatoms. The van der Waals surface area contributed by atoms with Crippen LogP contribution in [0, 0.1) is 13.8 Å². The Labute approximate surface area is 129 Å². The zero-order chi connectivity index (χ0) is 15.0. The zero-order valence-electron chi connectivity index (χ0n) is 12.7. The molecule has 1 N–H and O–H groups in total. The van der Waals surface area contributed by atoms with Gasteiger partial charge in [-0.2, -0.15) is 0 Å². The van der Waals surface area contributed by atoms with Crippen molar-refractivity contribution in [1.82, 2.24) is 0 Å². The molecule has 2 aromatic carbocycles. The van der Waals surface area contributed by atoms with E-state index >= 15 is 0 Å². The van der Waals surface area contributed by atoms with Crippen LogP contribution < -0.4 is 4.74 Å². The van der Waals surface area contributed by atoms with E-state index in [1.54, 1.807) is 11.3 Å². The van der Waals surface area contributed by atoms with Gasteiger partial charge >= 0.3 is 0 Å². The van der Waals surface area contributed by atoms with Crippen LogP contribution in [-0.2, 0) is 6.61 Å². The molecule has 0 amide bonds. The van der Waals surface area contributed by atoms with Crippen molar-refractivity contribution in [2.75, 3.05) is 6.61 Å². The number of ether oxygens (including phenoxy) is 1. The van der Waals surface area contributed by atoms with Crippen LogP contribution in [0.25, 0.3) is 20.2 Å². The van der Waals surface area contributed by atoms with Crippen molar-refractivity contribution < 1.29 is 9.84 Å². The van der Waals surface area contributed by atoms with Crippen molar-refractivity contribution in [3.8, 4) is 5.75 Å². The maximum atomic E-state index is 9.43. The topological polar surface area (TPSA) is 29.5 Å². The Hall–Kier alpha value is -1.58. The minimum atomic E-state index is 0.0971. The lowest BCUT2D eigenvalue weighted by Gasteiger charge is -2.08. The Bertz CT molecular complexity index is 802. The van der Waals surface area contributed by atoms with Gasteiger partial charge in [-0.15, -0.1) is 11.3 Å². The molecule has 0 bridgehead atoms. The van der Waals surface area contributed by atoms with E-state index in [0.29, 0.717) is 0 Å². The molecule has 0 saturated heterocycles.